The zero-order valence-electron chi connectivity index (χ0n) is 11.4. The summed E-state index contributed by atoms with van der Waals surface area (Å²) in [4.78, 5) is 33.8. The van der Waals surface area contributed by atoms with Gasteiger partial charge in [0, 0.05) is 13.3 Å². The molecule has 1 aromatic rings. The molecule has 0 aliphatic heterocycles. The Morgan fingerprint density at radius 2 is 1.75 bits per heavy atom. The van der Waals surface area contributed by atoms with E-state index >= 15 is 0 Å². The van der Waals surface area contributed by atoms with Crippen molar-refractivity contribution in [3.8, 4) is 0 Å². The van der Waals surface area contributed by atoms with Gasteiger partial charge in [-0.1, -0.05) is 30.3 Å². The molecule has 1 rings (SSSR count). The van der Waals surface area contributed by atoms with E-state index in [1.807, 2.05) is 6.07 Å². The van der Waals surface area contributed by atoms with Gasteiger partial charge in [0.15, 0.2) is 0 Å². The van der Waals surface area contributed by atoms with Gasteiger partial charge in [-0.05, 0) is 12.5 Å². The zero-order chi connectivity index (χ0) is 15.1. The number of hydrogen-bond donors (Lipinski definition) is 3. The minimum absolute atomic E-state index is 0.189. The third kappa shape index (κ3) is 5.09. The van der Waals surface area contributed by atoms with Gasteiger partial charge in [-0.2, -0.15) is 0 Å². The van der Waals surface area contributed by atoms with E-state index in [1.165, 1.54) is 13.8 Å². The Kier molecular flexibility index (Phi) is 5.71. The number of nitrogens with one attached hydrogen (secondary N) is 2. The third-order valence-electron chi connectivity index (χ3n) is 2.71. The van der Waals surface area contributed by atoms with Crippen LogP contribution in [-0.4, -0.2) is 35.0 Å². The molecule has 0 aliphatic carbocycles. The van der Waals surface area contributed by atoms with Gasteiger partial charge in [0.25, 0.3) is 0 Å². The quantitative estimate of drug-likeness (QED) is 0.698. The molecule has 0 spiro atoms. The molecule has 0 aliphatic rings. The van der Waals surface area contributed by atoms with Crippen LogP contribution in [0.25, 0.3) is 0 Å². The fraction of sp³-hybridized carbons (Fsp3) is 0.357. The Bertz CT molecular complexity index is 487. The van der Waals surface area contributed by atoms with Crippen LogP contribution in [0.1, 0.15) is 19.4 Å². The van der Waals surface area contributed by atoms with Crippen molar-refractivity contribution >= 4 is 17.8 Å². The van der Waals surface area contributed by atoms with E-state index in [2.05, 4.69) is 10.6 Å². The summed E-state index contributed by atoms with van der Waals surface area (Å²) in [6.07, 6.45) is 0.189. The van der Waals surface area contributed by atoms with Crippen LogP contribution in [0.3, 0.4) is 0 Å². The van der Waals surface area contributed by atoms with E-state index in [0.717, 1.165) is 5.56 Å². The fourth-order valence-electron chi connectivity index (χ4n) is 1.72. The van der Waals surface area contributed by atoms with E-state index in [0.29, 0.717) is 0 Å². The first kappa shape index (κ1) is 15.7. The first-order chi connectivity index (χ1) is 9.40. The summed E-state index contributed by atoms with van der Waals surface area (Å²) < 4.78 is 0. The predicted molar refractivity (Wildman–Crippen MR) is 73.0 cm³/mol. The lowest BCUT2D eigenvalue weighted by atomic mass is 10.1. The summed E-state index contributed by atoms with van der Waals surface area (Å²) in [5, 5.41) is 14.0. The maximum absolute atomic E-state index is 11.8. The number of aliphatic carboxylic acids is 1. The zero-order valence-corrected chi connectivity index (χ0v) is 11.4. The first-order valence-electron chi connectivity index (χ1n) is 6.24. The Labute approximate surface area is 117 Å². The molecule has 108 valence electrons. The summed E-state index contributed by atoms with van der Waals surface area (Å²) in [6.45, 7) is 2.79. The van der Waals surface area contributed by atoms with Crippen LogP contribution in [0.15, 0.2) is 30.3 Å². The fourth-order valence-corrected chi connectivity index (χ4v) is 1.72. The number of rotatable bonds is 6. The molecule has 0 radical (unpaired) electrons. The summed E-state index contributed by atoms with van der Waals surface area (Å²) >= 11 is 0. The molecule has 20 heavy (non-hydrogen) atoms. The second-order valence-electron chi connectivity index (χ2n) is 4.51. The van der Waals surface area contributed by atoms with Gasteiger partial charge >= 0.3 is 5.97 Å². The van der Waals surface area contributed by atoms with Gasteiger partial charge in [-0.25, -0.2) is 4.79 Å². The molecule has 0 heterocycles. The van der Waals surface area contributed by atoms with Gasteiger partial charge in [-0.3, -0.25) is 9.59 Å². The van der Waals surface area contributed by atoms with Crippen molar-refractivity contribution in [2.24, 2.45) is 0 Å². The Hall–Kier alpha value is -2.37. The van der Waals surface area contributed by atoms with Crippen LogP contribution < -0.4 is 10.6 Å². The Morgan fingerprint density at radius 3 is 2.25 bits per heavy atom. The SMILES string of the molecule is CC(=O)N[C@@H](C)C(=O)N[C@@H](Cc1ccccc1)C(=O)O. The van der Waals surface area contributed by atoms with Crippen LogP contribution in [0.4, 0.5) is 0 Å². The van der Waals surface area contributed by atoms with Crippen LogP contribution in [0, 0.1) is 0 Å². The minimum Gasteiger partial charge on any atom is -0.480 e. The second-order valence-corrected chi connectivity index (χ2v) is 4.51. The van der Waals surface area contributed by atoms with E-state index < -0.39 is 24.0 Å². The van der Waals surface area contributed by atoms with E-state index in [1.54, 1.807) is 24.3 Å². The number of amides is 2. The van der Waals surface area contributed by atoms with Gasteiger partial charge in [-0.15, -0.1) is 0 Å². The summed E-state index contributed by atoms with van der Waals surface area (Å²) in [5.74, 6) is -1.98. The van der Waals surface area contributed by atoms with Crippen molar-refractivity contribution in [2.45, 2.75) is 32.4 Å². The van der Waals surface area contributed by atoms with Crippen LogP contribution >= 0.6 is 0 Å². The molecular formula is C14H18N2O4. The normalized spacial score (nSPS) is 13.1. The summed E-state index contributed by atoms with van der Waals surface area (Å²) in [6, 6.07) is 7.22. The molecule has 6 nitrogen and oxygen atoms in total. The number of carbonyl (C=O) groups is 3. The van der Waals surface area contributed by atoms with Crippen LogP contribution in [-0.2, 0) is 20.8 Å². The van der Waals surface area contributed by atoms with Crippen molar-refractivity contribution in [3.63, 3.8) is 0 Å². The minimum atomic E-state index is -1.11. The largest absolute Gasteiger partial charge is 0.480 e. The lowest BCUT2D eigenvalue weighted by Gasteiger charge is -2.18. The molecule has 2 amide bonds. The second kappa shape index (κ2) is 7.28. The van der Waals surface area contributed by atoms with Gasteiger partial charge in [0.1, 0.15) is 12.1 Å². The lowest BCUT2D eigenvalue weighted by Crippen LogP contribution is -2.50. The van der Waals surface area contributed by atoms with Gasteiger partial charge < -0.3 is 15.7 Å². The first-order valence-corrected chi connectivity index (χ1v) is 6.24. The van der Waals surface area contributed by atoms with E-state index in [-0.39, 0.29) is 12.3 Å². The highest BCUT2D eigenvalue weighted by atomic mass is 16.4. The van der Waals surface area contributed by atoms with Gasteiger partial charge in [0.05, 0.1) is 0 Å². The van der Waals surface area contributed by atoms with Crippen molar-refractivity contribution in [2.75, 3.05) is 0 Å². The van der Waals surface area contributed by atoms with Crippen molar-refractivity contribution < 1.29 is 19.5 Å². The molecule has 6 heteroatoms. The lowest BCUT2D eigenvalue weighted by molar-refractivity contribution is -0.142. The molecular weight excluding hydrogens is 260 g/mol. The summed E-state index contributed by atoms with van der Waals surface area (Å²) in [7, 11) is 0. The maximum Gasteiger partial charge on any atom is 0.326 e. The number of hydrogen-bond acceptors (Lipinski definition) is 3. The highest BCUT2D eigenvalue weighted by Crippen LogP contribution is 2.03. The van der Waals surface area contributed by atoms with Crippen molar-refractivity contribution in [1.82, 2.24) is 10.6 Å². The highest BCUT2D eigenvalue weighted by Gasteiger charge is 2.23. The third-order valence-corrected chi connectivity index (χ3v) is 2.71. The number of carboxylic acids is 1. The molecule has 0 bridgehead atoms. The molecule has 0 unspecified atom stereocenters. The van der Waals surface area contributed by atoms with E-state index in [4.69, 9.17) is 5.11 Å². The monoisotopic (exact) mass is 278 g/mol. The topological polar surface area (TPSA) is 95.5 Å². The molecule has 0 aromatic heterocycles. The molecule has 0 saturated carbocycles. The van der Waals surface area contributed by atoms with Crippen molar-refractivity contribution in [1.29, 1.82) is 0 Å². The average molecular weight is 278 g/mol. The molecule has 0 fully saturated rings. The van der Waals surface area contributed by atoms with Gasteiger partial charge in [0.2, 0.25) is 11.8 Å². The highest BCUT2D eigenvalue weighted by molar-refractivity contribution is 5.89. The maximum atomic E-state index is 11.8. The Morgan fingerprint density at radius 1 is 1.15 bits per heavy atom. The standard InChI is InChI=1S/C14H18N2O4/c1-9(15-10(2)17)13(18)16-12(14(19)20)8-11-6-4-3-5-7-11/h3-7,9,12H,8H2,1-2H3,(H,15,17)(H,16,18)(H,19,20)/t9-,12-/m0/s1. The Balaban J connectivity index is 2.66. The average Bonchev–Trinajstić information content (AvgIpc) is 2.38. The summed E-state index contributed by atoms with van der Waals surface area (Å²) in [5.41, 5.74) is 0.812. The molecule has 1 aromatic carbocycles. The number of carbonyl (C=O) groups excluding carboxylic acids is 2. The predicted octanol–water partition coefficient (Wildman–Crippen LogP) is 0.323. The molecule has 0 saturated heterocycles. The number of benzene rings is 1. The number of carboxylic acid groups (broad SMARTS) is 1. The molecule has 3 N–H and O–H groups in total. The van der Waals surface area contributed by atoms with Crippen LogP contribution in [0.5, 0.6) is 0 Å². The van der Waals surface area contributed by atoms with Crippen molar-refractivity contribution in [3.05, 3.63) is 35.9 Å². The van der Waals surface area contributed by atoms with E-state index in [9.17, 15) is 14.4 Å². The van der Waals surface area contributed by atoms with Crippen LogP contribution in [0.2, 0.25) is 0 Å². The smallest absolute Gasteiger partial charge is 0.326 e. The molecule has 2 atom stereocenters.